The lowest BCUT2D eigenvalue weighted by Crippen LogP contribution is -2.42. The SMILES string of the molecule is CNC(c1ccc2c(c1)nc(C)n2C)C1CC(N)C1. The van der Waals surface area contributed by atoms with Crippen molar-refractivity contribution in [2.24, 2.45) is 18.7 Å². The number of nitrogens with one attached hydrogen (secondary N) is 1. The summed E-state index contributed by atoms with van der Waals surface area (Å²) in [6, 6.07) is 7.39. The van der Waals surface area contributed by atoms with Crippen LogP contribution in [0.3, 0.4) is 0 Å². The van der Waals surface area contributed by atoms with Crippen LogP contribution in [-0.4, -0.2) is 22.6 Å². The molecule has 2 aromatic rings. The molecule has 1 saturated carbocycles. The van der Waals surface area contributed by atoms with Gasteiger partial charge in [0, 0.05) is 19.1 Å². The summed E-state index contributed by atoms with van der Waals surface area (Å²) in [5.74, 6) is 1.71. The van der Waals surface area contributed by atoms with Gasteiger partial charge in [0.25, 0.3) is 0 Å². The van der Waals surface area contributed by atoms with Crippen LogP contribution >= 0.6 is 0 Å². The van der Waals surface area contributed by atoms with E-state index in [1.165, 1.54) is 11.1 Å². The van der Waals surface area contributed by atoms with E-state index < -0.39 is 0 Å². The lowest BCUT2D eigenvalue weighted by atomic mass is 9.74. The Morgan fingerprint density at radius 2 is 2.16 bits per heavy atom. The summed E-state index contributed by atoms with van der Waals surface area (Å²) >= 11 is 0. The Bertz CT molecular complexity index is 595. The molecule has 0 radical (unpaired) electrons. The maximum atomic E-state index is 5.91. The third-order valence-corrected chi connectivity index (χ3v) is 4.48. The van der Waals surface area contributed by atoms with Crippen molar-refractivity contribution in [1.29, 1.82) is 0 Å². The van der Waals surface area contributed by atoms with Crippen molar-refractivity contribution in [2.75, 3.05) is 7.05 Å². The van der Waals surface area contributed by atoms with Crippen molar-refractivity contribution < 1.29 is 0 Å². The van der Waals surface area contributed by atoms with E-state index in [0.717, 1.165) is 24.2 Å². The molecule has 1 atom stereocenters. The normalized spacial score (nSPS) is 24.4. The zero-order valence-electron chi connectivity index (χ0n) is 11.9. The average molecular weight is 258 g/mol. The first-order valence-electron chi connectivity index (χ1n) is 6.96. The number of aryl methyl sites for hydroxylation is 2. The van der Waals surface area contributed by atoms with Crippen LogP contribution in [0.25, 0.3) is 11.0 Å². The number of aromatic nitrogens is 2. The van der Waals surface area contributed by atoms with E-state index in [9.17, 15) is 0 Å². The number of hydrogen-bond donors (Lipinski definition) is 2. The highest BCUT2D eigenvalue weighted by atomic mass is 15.0. The fourth-order valence-corrected chi connectivity index (χ4v) is 3.19. The zero-order valence-corrected chi connectivity index (χ0v) is 11.9. The van der Waals surface area contributed by atoms with Crippen LogP contribution in [0.5, 0.6) is 0 Å². The predicted octanol–water partition coefficient (Wildman–Crippen LogP) is 1.88. The third-order valence-electron chi connectivity index (χ3n) is 4.48. The minimum absolute atomic E-state index is 0.390. The molecule has 3 rings (SSSR count). The number of rotatable bonds is 3. The van der Waals surface area contributed by atoms with E-state index in [1.807, 2.05) is 14.0 Å². The maximum absolute atomic E-state index is 5.91. The second-order valence-electron chi connectivity index (χ2n) is 5.72. The Kier molecular flexibility index (Phi) is 3.07. The second kappa shape index (κ2) is 4.62. The van der Waals surface area contributed by atoms with Crippen molar-refractivity contribution in [3.8, 4) is 0 Å². The van der Waals surface area contributed by atoms with E-state index in [2.05, 4.69) is 40.1 Å². The smallest absolute Gasteiger partial charge is 0.106 e. The standard InChI is InChI=1S/C15H22N4/c1-9-18-13-8-10(4-5-14(13)19(9)3)15(17-2)11-6-12(16)7-11/h4-5,8,11-12,15,17H,6-7,16H2,1-3H3. The van der Waals surface area contributed by atoms with E-state index in [4.69, 9.17) is 5.73 Å². The van der Waals surface area contributed by atoms with Gasteiger partial charge in [-0.1, -0.05) is 6.07 Å². The van der Waals surface area contributed by atoms with Crippen LogP contribution in [0, 0.1) is 12.8 Å². The first-order valence-corrected chi connectivity index (χ1v) is 6.96. The molecule has 19 heavy (non-hydrogen) atoms. The molecule has 0 saturated heterocycles. The molecule has 1 fully saturated rings. The highest BCUT2D eigenvalue weighted by molar-refractivity contribution is 5.77. The number of nitrogens with two attached hydrogens (primary N) is 1. The van der Waals surface area contributed by atoms with E-state index in [0.29, 0.717) is 18.0 Å². The fraction of sp³-hybridized carbons (Fsp3) is 0.533. The lowest BCUT2D eigenvalue weighted by molar-refractivity contribution is 0.204. The van der Waals surface area contributed by atoms with Gasteiger partial charge in [-0.25, -0.2) is 4.98 Å². The first-order chi connectivity index (χ1) is 9.10. The van der Waals surface area contributed by atoms with Crippen LogP contribution in [0.4, 0.5) is 0 Å². The molecule has 4 heteroatoms. The molecule has 0 amide bonds. The Hall–Kier alpha value is -1.39. The Balaban J connectivity index is 1.95. The monoisotopic (exact) mass is 258 g/mol. The van der Waals surface area contributed by atoms with Gasteiger partial charge in [-0.2, -0.15) is 0 Å². The molecule has 1 heterocycles. The van der Waals surface area contributed by atoms with Crippen LogP contribution in [-0.2, 0) is 7.05 Å². The highest BCUT2D eigenvalue weighted by Crippen LogP contribution is 2.37. The van der Waals surface area contributed by atoms with Crippen molar-refractivity contribution in [1.82, 2.24) is 14.9 Å². The van der Waals surface area contributed by atoms with Gasteiger partial charge in [0.1, 0.15) is 5.82 Å². The minimum atomic E-state index is 0.390. The molecule has 3 N–H and O–H groups in total. The van der Waals surface area contributed by atoms with Gasteiger partial charge in [-0.15, -0.1) is 0 Å². The highest BCUT2D eigenvalue weighted by Gasteiger charge is 2.33. The van der Waals surface area contributed by atoms with E-state index >= 15 is 0 Å². The fourth-order valence-electron chi connectivity index (χ4n) is 3.19. The predicted molar refractivity (Wildman–Crippen MR) is 78.0 cm³/mol. The summed E-state index contributed by atoms with van der Waals surface area (Å²) in [4.78, 5) is 4.62. The Morgan fingerprint density at radius 3 is 2.79 bits per heavy atom. The van der Waals surface area contributed by atoms with Crippen molar-refractivity contribution in [2.45, 2.75) is 31.8 Å². The first kappa shape index (κ1) is 12.6. The molecule has 0 aliphatic heterocycles. The molecule has 1 aromatic carbocycles. The number of fused-ring (bicyclic) bond motifs is 1. The van der Waals surface area contributed by atoms with Crippen molar-refractivity contribution in [3.05, 3.63) is 29.6 Å². The number of nitrogens with zero attached hydrogens (tertiary/aromatic N) is 2. The van der Waals surface area contributed by atoms with Gasteiger partial charge in [0.05, 0.1) is 11.0 Å². The number of hydrogen-bond acceptors (Lipinski definition) is 3. The van der Waals surface area contributed by atoms with E-state index in [-0.39, 0.29) is 0 Å². The van der Waals surface area contributed by atoms with Gasteiger partial charge >= 0.3 is 0 Å². The summed E-state index contributed by atoms with van der Waals surface area (Å²) in [5.41, 5.74) is 9.51. The molecule has 1 aliphatic rings. The van der Waals surface area contributed by atoms with Crippen LogP contribution in [0.15, 0.2) is 18.2 Å². The molecule has 0 spiro atoms. The summed E-state index contributed by atoms with van der Waals surface area (Å²) < 4.78 is 2.13. The maximum Gasteiger partial charge on any atom is 0.106 e. The Labute approximate surface area is 114 Å². The Morgan fingerprint density at radius 1 is 1.42 bits per heavy atom. The largest absolute Gasteiger partial charge is 0.331 e. The van der Waals surface area contributed by atoms with Gasteiger partial charge in [-0.3, -0.25) is 0 Å². The van der Waals surface area contributed by atoms with Gasteiger partial charge in [-0.05, 0) is 50.4 Å². The second-order valence-corrected chi connectivity index (χ2v) is 5.72. The van der Waals surface area contributed by atoms with Gasteiger partial charge in [0.15, 0.2) is 0 Å². The van der Waals surface area contributed by atoms with Crippen LogP contribution in [0.2, 0.25) is 0 Å². The van der Waals surface area contributed by atoms with Crippen molar-refractivity contribution in [3.63, 3.8) is 0 Å². The molecular weight excluding hydrogens is 236 g/mol. The topological polar surface area (TPSA) is 55.9 Å². The summed E-state index contributed by atoms with van der Waals surface area (Å²) in [6.07, 6.45) is 2.23. The van der Waals surface area contributed by atoms with E-state index in [1.54, 1.807) is 0 Å². The molecule has 1 aliphatic carbocycles. The molecular formula is C15H22N4. The lowest BCUT2D eigenvalue weighted by Gasteiger charge is -2.38. The molecule has 4 nitrogen and oxygen atoms in total. The third kappa shape index (κ3) is 2.05. The van der Waals surface area contributed by atoms with Crippen LogP contribution in [0.1, 0.15) is 30.3 Å². The number of benzene rings is 1. The van der Waals surface area contributed by atoms with Crippen LogP contribution < -0.4 is 11.1 Å². The summed E-state index contributed by atoms with van der Waals surface area (Å²) in [7, 11) is 4.09. The quantitative estimate of drug-likeness (QED) is 0.884. The minimum Gasteiger partial charge on any atom is -0.331 e. The molecule has 102 valence electrons. The van der Waals surface area contributed by atoms with Crippen molar-refractivity contribution >= 4 is 11.0 Å². The summed E-state index contributed by atoms with van der Waals surface area (Å²) in [6.45, 7) is 2.04. The molecule has 0 bridgehead atoms. The van der Waals surface area contributed by atoms with Gasteiger partial charge in [0.2, 0.25) is 0 Å². The number of imidazole rings is 1. The summed E-state index contributed by atoms with van der Waals surface area (Å²) in [5, 5.41) is 3.44. The molecule has 1 aromatic heterocycles. The average Bonchev–Trinajstić information content (AvgIpc) is 2.64. The zero-order chi connectivity index (χ0) is 13.6. The van der Waals surface area contributed by atoms with Gasteiger partial charge < -0.3 is 15.6 Å². The molecule has 1 unspecified atom stereocenters.